The molecule has 4 rings (SSSR count). The van der Waals surface area contributed by atoms with Crippen molar-refractivity contribution in [3.63, 3.8) is 0 Å². The van der Waals surface area contributed by atoms with Gasteiger partial charge in [0, 0.05) is 17.6 Å². The molecular weight excluding hydrogens is 416 g/mol. The van der Waals surface area contributed by atoms with Crippen molar-refractivity contribution in [3.8, 4) is 22.8 Å². The first-order valence-corrected chi connectivity index (χ1v) is 11.0. The first kappa shape index (κ1) is 20.9. The van der Waals surface area contributed by atoms with Gasteiger partial charge in [-0.3, -0.25) is 14.6 Å². The second-order valence-electron chi connectivity index (χ2n) is 6.88. The molecule has 0 fully saturated rings. The molecule has 3 aromatic rings. The van der Waals surface area contributed by atoms with Gasteiger partial charge in [0.1, 0.15) is 0 Å². The second-order valence-corrected chi connectivity index (χ2v) is 7.67. The highest BCUT2D eigenvalue weighted by atomic mass is 32.2. The van der Waals surface area contributed by atoms with Crippen molar-refractivity contribution in [2.75, 3.05) is 24.9 Å². The molecule has 0 unspecified atom stereocenters. The largest absolute Gasteiger partial charge is 0.493 e. The number of anilines is 1. The summed E-state index contributed by atoms with van der Waals surface area (Å²) in [5.74, 6) is 0.975. The molecule has 8 nitrogen and oxygen atoms in total. The van der Waals surface area contributed by atoms with Crippen LogP contribution in [0, 0.1) is 0 Å². The Labute approximate surface area is 183 Å². The van der Waals surface area contributed by atoms with Gasteiger partial charge in [0.25, 0.3) is 6.17 Å². The maximum atomic E-state index is 13.0. The van der Waals surface area contributed by atoms with E-state index < -0.39 is 6.17 Å². The molecule has 0 spiro atoms. The number of hydrogen-bond acceptors (Lipinski definition) is 6. The number of rotatable bonds is 5. The molecule has 31 heavy (non-hydrogen) atoms. The smallest absolute Gasteiger partial charge is 0.325 e. The van der Waals surface area contributed by atoms with E-state index in [9.17, 15) is 9.59 Å². The van der Waals surface area contributed by atoms with Gasteiger partial charge >= 0.3 is 11.3 Å². The number of H-pyrrole nitrogens is 1. The fourth-order valence-electron chi connectivity index (χ4n) is 3.82. The average Bonchev–Trinajstić information content (AvgIpc) is 2.78. The molecule has 1 aliphatic rings. The number of ether oxygens (including phenoxy) is 2. The van der Waals surface area contributed by atoms with Gasteiger partial charge in [-0.1, -0.05) is 23.9 Å². The summed E-state index contributed by atoms with van der Waals surface area (Å²) in [6, 6.07) is 12.8. The van der Waals surface area contributed by atoms with Crippen molar-refractivity contribution in [2.45, 2.75) is 25.2 Å². The molecule has 0 aliphatic carbocycles. The van der Waals surface area contributed by atoms with Crippen LogP contribution >= 0.6 is 11.8 Å². The summed E-state index contributed by atoms with van der Waals surface area (Å²) >= 11 is 1.33. The number of nitrogens with one attached hydrogen (secondary N) is 1. The van der Waals surface area contributed by atoms with E-state index in [-0.39, 0.29) is 11.5 Å². The van der Waals surface area contributed by atoms with Crippen LogP contribution in [0.15, 0.2) is 52.4 Å². The Morgan fingerprint density at radius 3 is 2.71 bits per heavy atom. The Morgan fingerprint density at radius 1 is 1.26 bits per heavy atom. The molecule has 2 aromatic carbocycles. The number of fused-ring (bicyclic) bond motifs is 3. The highest BCUT2D eigenvalue weighted by Gasteiger charge is 2.45. The van der Waals surface area contributed by atoms with Gasteiger partial charge in [-0.15, -0.1) is 0 Å². The number of para-hydroxylation sites is 1. The van der Waals surface area contributed by atoms with E-state index in [0.717, 1.165) is 5.56 Å². The summed E-state index contributed by atoms with van der Waals surface area (Å²) in [6.07, 6.45) is 1.17. The van der Waals surface area contributed by atoms with E-state index in [1.165, 1.54) is 18.7 Å². The standard InChI is InChI=1S/C22H22N4O4S/c1-5-30-17-11-10-14(12-18(17)29-3)21-25(13(2)27)16-9-7-6-8-15(16)19-20(28)23-22(31-4)24-26(19)21/h6-12,21H,5H2,1-4H3/p+1/t21-/m0/s1. The van der Waals surface area contributed by atoms with E-state index in [4.69, 9.17) is 9.47 Å². The van der Waals surface area contributed by atoms with E-state index in [1.807, 2.05) is 49.6 Å². The summed E-state index contributed by atoms with van der Waals surface area (Å²) in [6.45, 7) is 3.90. The Morgan fingerprint density at radius 2 is 2.03 bits per heavy atom. The first-order valence-electron chi connectivity index (χ1n) is 9.80. The highest BCUT2D eigenvalue weighted by molar-refractivity contribution is 7.98. The highest BCUT2D eigenvalue weighted by Crippen LogP contribution is 2.39. The minimum absolute atomic E-state index is 0.170. The quantitative estimate of drug-likeness (QED) is 0.486. The van der Waals surface area contributed by atoms with Crippen LogP contribution in [0.25, 0.3) is 11.3 Å². The van der Waals surface area contributed by atoms with Gasteiger partial charge in [0.05, 0.1) is 25.0 Å². The molecule has 0 saturated carbocycles. The number of methoxy groups -OCH3 is 1. The molecule has 0 radical (unpaired) electrons. The lowest BCUT2D eigenvalue weighted by Crippen LogP contribution is -2.60. The molecule has 0 saturated heterocycles. The Balaban J connectivity index is 2.03. The average molecular weight is 440 g/mol. The number of carbonyl (C=O) groups is 1. The van der Waals surface area contributed by atoms with Crippen molar-refractivity contribution >= 4 is 23.4 Å². The zero-order valence-corrected chi connectivity index (χ0v) is 18.5. The lowest BCUT2D eigenvalue weighted by atomic mass is 10.0. The fourth-order valence-corrected chi connectivity index (χ4v) is 4.19. The summed E-state index contributed by atoms with van der Waals surface area (Å²) in [5.41, 5.74) is 2.16. The van der Waals surface area contributed by atoms with Gasteiger partial charge in [-0.25, -0.2) is 4.90 Å². The van der Waals surface area contributed by atoms with E-state index in [1.54, 1.807) is 22.8 Å². The zero-order valence-electron chi connectivity index (χ0n) is 17.7. The number of benzene rings is 2. The molecule has 2 heterocycles. The predicted octanol–water partition coefficient (Wildman–Crippen LogP) is 2.77. The summed E-state index contributed by atoms with van der Waals surface area (Å²) in [5, 5.41) is 5.11. The second kappa shape index (κ2) is 8.43. The number of amides is 1. The van der Waals surface area contributed by atoms with Crippen LogP contribution in [0.1, 0.15) is 25.6 Å². The minimum atomic E-state index is -0.667. The van der Waals surface area contributed by atoms with Crippen LogP contribution in [0.3, 0.4) is 0 Å². The normalized spacial score (nSPS) is 14.6. The number of aromatic nitrogens is 3. The molecule has 1 aliphatic heterocycles. The van der Waals surface area contributed by atoms with Crippen LogP contribution in [-0.2, 0) is 4.79 Å². The third kappa shape index (κ3) is 3.54. The lowest BCUT2D eigenvalue weighted by Gasteiger charge is -2.31. The lowest BCUT2D eigenvalue weighted by molar-refractivity contribution is -0.763. The number of thioether (sulfide) groups is 1. The maximum Gasteiger partial charge on any atom is 0.325 e. The third-order valence-corrected chi connectivity index (χ3v) is 5.65. The predicted molar refractivity (Wildman–Crippen MR) is 118 cm³/mol. The molecule has 1 aromatic heterocycles. The van der Waals surface area contributed by atoms with Crippen LogP contribution < -0.4 is 24.6 Å². The Bertz CT molecular complexity index is 1210. The monoisotopic (exact) mass is 439 g/mol. The van der Waals surface area contributed by atoms with Gasteiger partial charge in [-0.2, -0.15) is 0 Å². The van der Waals surface area contributed by atoms with Crippen LogP contribution in [0.2, 0.25) is 0 Å². The van der Waals surface area contributed by atoms with Gasteiger partial charge in [0.2, 0.25) is 11.1 Å². The van der Waals surface area contributed by atoms with Gasteiger partial charge in [0.15, 0.2) is 11.5 Å². The molecule has 0 bridgehead atoms. The number of carbonyl (C=O) groups excluding carboxylic acids is 1. The SMILES string of the molecule is CCOc1ccc([C@H]2N(C(C)=O)c3ccccc3-c3c(=O)[nH]c(SC)n[n+]32)cc1OC. The summed E-state index contributed by atoms with van der Waals surface area (Å²) in [7, 11) is 1.57. The maximum absolute atomic E-state index is 13.0. The third-order valence-electron chi connectivity index (χ3n) is 5.08. The van der Waals surface area contributed by atoms with E-state index in [0.29, 0.717) is 40.2 Å². The Hall–Kier alpha value is -3.33. The topological polar surface area (TPSA) is 88.4 Å². The van der Waals surface area contributed by atoms with Crippen molar-refractivity contribution in [1.29, 1.82) is 0 Å². The van der Waals surface area contributed by atoms with Crippen LogP contribution in [0.5, 0.6) is 11.5 Å². The van der Waals surface area contributed by atoms with Crippen molar-refractivity contribution in [1.82, 2.24) is 10.1 Å². The number of nitrogens with zero attached hydrogens (tertiary/aromatic N) is 3. The van der Waals surface area contributed by atoms with Crippen molar-refractivity contribution in [2.24, 2.45) is 0 Å². The van der Waals surface area contributed by atoms with E-state index in [2.05, 4.69) is 10.1 Å². The van der Waals surface area contributed by atoms with E-state index >= 15 is 0 Å². The minimum Gasteiger partial charge on any atom is -0.493 e. The fraction of sp³-hybridized carbons (Fsp3) is 0.273. The van der Waals surface area contributed by atoms with Gasteiger partial charge < -0.3 is 9.47 Å². The first-order chi connectivity index (χ1) is 15.0. The van der Waals surface area contributed by atoms with Crippen LogP contribution in [0.4, 0.5) is 5.69 Å². The molecule has 160 valence electrons. The summed E-state index contributed by atoms with van der Waals surface area (Å²) in [4.78, 5) is 30.4. The molecular formula is C22H23N4O4S+. The van der Waals surface area contributed by atoms with Crippen LogP contribution in [-0.4, -0.2) is 36.0 Å². The molecule has 1 N–H and O–H groups in total. The Kier molecular flexibility index (Phi) is 5.69. The molecule has 9 heteroatoms. The van der Waals surface area contributed by atoms with Crippen molar-refractivity contribution < 1.29 is 19.0 Å². The zero-order chi connectivity index (χ0) is 22.1. The van der Waals surface area contributed by atoms with Crippen molar-refractivity contribution in [3.05, 3.63) is 58.4 Å². The van der Waals surface area contributed by atoms with Gasteiger partial charge in [-0.05, 0) is 48.2 Å². The summed E-state index contributed by atoms with van der Waals surface area (Å²) < 4.78 is 12.8. The molecule has 1 amide bonds. The number of aromatic amines is 1. The number of hydrogen-bond donors (Lipinski definition) is 1. The molecule has 1 atom stereocenters.